The minimum Gasteiger partial charge on any atom is -0.497 e. The Bertz CT molecular complexity index is 3250. The van der Waals surface area contributed by atoms with Crippen molar-refractivity contribution >= 4 is 37.9 Å². The van der Waals surface area contributed by atoms with Crippen molar-refractivity contribution in [1.82, 2.24) is 29.1 Å². The van der Waals surface area contributed by atoms with Crippen molar-refractivity contribution in [3.8, 4) is 17.6 Å². The lowest BCUT2D eigenvalue weighted by atomic mass is 9.80. The molecule has 2 aliphatic rings. The highest BCUT2D eigenvalue weighted by atomic mass is 32.2. The van der Waals surface area contributed by atoms with Crippen LogP contribution < -0.4 is 37.0 Å². The smallest absolute Gasteiger partial charge is 0.351 e. The Morgan fingerprint density at radius 3 is 2.00 bits per heavy atom. The number of aromatic amines is 1. The number of aryl methyl sites for hydroxylation is 2. The van der Waals surface area contributed by atoms with Gasteiger partial charge in [-0.2, -0.15) is 10.2 Å². The topological polar surface area (TPSA) is 240 Å². The number of nitriles is 1. The van der Waals surface area contributed by atoms with Gasteiger partial charge in [-0.3, -0.25) is 28.5 Å². The lowest BCUT2D eigenvalue weighted by molar-refractivity contribution is -0.120. The highest BCUT2D eigenvalue weighted by Gasteiger charge is 2.45. The number of carbonyl (C=O) groups excluding carboxylic acids is 2. The summed E-state index contributed by atoms with van der Waals surface area (Å²) in [6.45, 7) is 11.5. The summed E-state index contributed by atoms with van der Waals surface area (Å²) in [5.74, 6) is 0.845. The molecule has 4 aromatic carbocycles. The van der Waals surface area contributed by atoms with Crippen LogP contribution in [0.4, 0.5) is 5.82 Å². The fraction of sp³-hybridized carbons (Fsp3) is 0.407. The maximum atomic E-state index is 14.4. The third-order valence-corrected chi connectivity index (χ3v) is 17.2. The van der Waals surface area contributed by atoms with Gasteiger partial charge in [0.1, 0.15) is 41.5 Å². The number of rotatable bonds is 25. The zero-order chi connectivity index (χ0) is 57.8. The van der Waals surface area contributed by atoms with Gasteiger partial charge in [0.05, 0.1) is 63.9 Å². The van der Waals surface area contributed by atoms with Crippen LogP contribution in [0.2, 0.25) is 0 Å². The quantitative estimate of drug-likeness (QED) is 0.0278. The third kappa shape index (κ3) is 14.4. The Kier molecular flexibility index (Phi) is 20.5. The Morgan fingerprint density at radius 1 is 0.815 bits per heavy atom. The molecule has 4 heterocycles. The largest absolute Gasteiger partial charge is 0.497 e. The van der Waals surface area contributed by atoms with E-state index in [-0.39, 0.29) is 67.8 Å². The van der Waals surface area contributed by atoms with Gasteiger partial charge in [-0.05, 0) is 94.6 Å². The van der Waals surface area contributed by atoms with Crippen LogP contribution in [0.5, 0.6) is 11.5 Å². The van der Waals surface area contributed by atoms with Gasteiger partial charge in [0.2, 0.25) is 5.91 Å². The highest BCUT2D eigenvalue weighted by Crippen LogP contribution is 2.50. The molecule has 428 valence electrons. The Hall–Kier alpha value is -6.99. The van der Waals surface area contributed by atoms with E-state index in [1.165, 1.54) is 27.1 Å². The molecule has 0 radical (unpaired) electrons. The van der Waals surface area contributed by atoms with Gasteiger partial charge in [0, 0.05) is 59.8 Å². The van der Waals surface area contributed by atoms with E-state index in [0.717, 1.165) is 16.7 Å². The first kappa shape index (κ1) is 60.1. The van der Waals surface area contributed by atoms with Crippen molar-refractivity contribution in [3.05, 3.63) is 186 Å². The van der Waals surface area contributed by atoms with Crippen LogP contribution in [0.25, 0.3) is 0 Å². The van der Waals surface area contributed by atoms with Gasteiger partial charge in [0.15, 0.2) is 0 Å². The summed E-state index contributed by atoms with van der Waals surface area (Å²) in [5, 5.41) is 15.3. The van der Waals surface area contributed by atoms with E-state index in [1.54, 1.807) is 64.6 Å². The van der Waals surface area contributed by atoms with Crippen LogP contribution in [-0.4, -0.2) is 111 Å². The van der Waals surface area contributed by atoms with Crippen LogP contribution in [0.3, 0.4) is 0 Å². The van der Waals surface area contributed by atoms with Crippen molar-refractivity contribution in [2.75, 3.05) is 44.3 Å². The molecule has 2 aliphatic heterocycles. The number of aromatic nitrogens is 4. The monoisotopic (exact) mass is 1140 g/mol. The molecule has 20 nitrogen and oxygen atoms in total. The number of thioether (sulfide) groups is 1. The molecule has 7 atom stereocenters. The number of ether oxygens (including phenoxy) is 5. The number of hydrogen-bond donors (Lipinski definition) is 3. The summed E-state index contributed by atoms with van der Waals surface area (Å²) in [6, 6.07) is 35.0. The lowest BCUT2D eigenvalue weighted by Crippen LogP contribution is -2.45. The molecule has 22 heteroatoms. The molecule has 2 aromatic heterocycles. The van der Waals surface area contributed by atoms with Gasteiger partial charge in [0.25, 0.3) is 20.0 Å². The van der Waals surface area contributed by atoms with Crippen LogP contribution in [-0.2, 0) is 33.7 Å². The predicted octanol–water partition coefficient (Wildman–Crippen LogP) is 8.14. The first-order valence-electron chi connectivity index (χ1n) is 26.7. The Balaban J connectivity index is 1.08. The van der Waals surface area contributed by atoms with Crippen molar-refractivity contribution in [3.63, 3.8) is 0 Å². The maximum Gasteiger partial charge on any atom is 0.351 e. The molecule has 2 fully saturated rings. The summed E-state index contributed by atoms with van der Waals surface area (Å²) >= 11 is 1.30. The first-order valence-corrected chi connectivity index (χ1v) is 29.0. The number of carbonyl (C=O) groups is 2. The van der Waals surface area contributed by atoms with E-state index in [0.29, 0.717) is 28.2 Å². The van der Waals surface area contributed by atoms with Crippen LogP contribution in [0, 0.1) is 25.2 Å². The van der Waals surface area contributed by atoms with Gasteiger partial charge in [-0.15, -0.1) is 11.8 Å². The van der Waals surface area contributed by atoms with Crippen LogP contribution in [0.15, 0.2) is 136 Å². The summed E-state index contributed by atoms with van der Waals surface area (Å²) in [6.07, 6.45) is -0.294. The lowest BCUT2D eigenvalue weighted by Gasteiger charge is -2.37. The predicted molar refractivity (Wildman–Crippen MR) is 308 cm³/mol. The van der Waals surface area contributed by atoms with E-state index < -0.39 is 73.8 Å². The molecular formula is C59H69N8O12PS. The van der Waals surface area contributed by atoms with Gasteiger partial charge < -0.3 is 43.4 Å². The summed E-state index contributed by atoms with van der Waals surface area (Å²) < 4.78 is 49.7. The normalized spacial score (nSPS) is 19.4. The molecule has 1 unspecified atom stereocenters. The van der Waals surface area contributed by atoms with Crippen molar-refractivity contribution in [2.24, 2.45) is 0 Å². The zero-order valence-electron chi connectivity index (χ0n) is 46.6. The van der Waals surface area contributed by atoms with Gasteiger partial charge in [-0.25, -0.2) is 14.3 Å². The number of hydrogen-bond acceptors (Lipinski definition) is 16. The molecular weight excluding hydrogens is 1080 g/mol. The Labute approximate surface area is 476 Å². The van der Waals surface area contributed by atoms with Gasteiger partial charge >= 0.3 is 11.4 Å². The SMILES string of the molecule is COc1ccc(C(OC[C@H]2O[C@@H](n3cc(C)c(NC(=O)c4ccccc4)nc3=O)C[C@H]2NC(=O)CSC[C@H]2O[C@@H](n3cc(C)c(=O)[nH]c3=O)C[C@@H]2OP(OCCC#N)N(C(C)C)C(C)C)(c2ccccc2)c2ccc(OC)cc2)cc1. The number of H-pyrrole nitrogens is 1. The fourth-order valence-corrected chi connectivity index (χ4v) is 12.7. The van der Waals surface area contributed by atoms with Crippen molar-refractivity contribution in [1.29, 1.82) is 5.26 Å². The fourth-order valence-electron chi connectivity index (χ4n) is 10.0. The minimum absolute atomic E-state index is 0.0104. The van der Waals surface area contributed by atoms with E-state index in [1.807, 2.05) is 107 Å². The van der Waals surface area contributed by atoms with Crippen LogP contribution in [0.1, 0.15) is 97.6 Å². The second kappa shape index (κ2) is 27.7. The number of amides is 2. The van der Waals surface area contributed by atoms with E-state index >= 15 is 0 Å². The molecule has 6 aromatic rings. The highest BCUT2D eigenvalue weighted by molar-refractivity contribution is 8.00. The molecule has 0 saturated carbocycles. The molecule has 0 bridgehead atoms. The standard InChI is InChI=1S/C59H69N8O12PS/c1-37(2)67(38(3)4)80(76-29-15-28-60)79-48-31-53(66-33-40(6)55(69)64-58(66)72)78-50(48)35-81-36-51(68)61-47-30-52(65-32-39(5)54(63-57(65)71)62-56(70)41-16-11-9-12-17-41)77-49(47)34-75-59(42-18-13-10-14-19-42,43-20-24-45(73-7)25-21-43)44-22-26-46(74-8)27-23-44/h9-14,16-27,32-33,37-38,47-50,52-53H,15,29-31,34-36H2,1-8H3,(H,61,68)(H,64,69,72)(H,62,63,70,71)/t47-,48+,49-,50-,52-,53-,80?/m1/s1. The van der Waals surface area contributed by atoms with Crippen molar-refractivity contribution in [2.45, 2.75) is 115 Å². The van der Waals surface area contributed by atoms with E-state index in [2.05, 4.69) is 31.3 Å². The van der Waals surface area contributed by atoms with E-state index in [4.69, 9.17) is 32.7 Å². The number of nitrogens with one attached hydrogen (secondary N) is 3. The van der Waals surface area contributed by atoms with E-state index in [9.17, 15) is 29.2 Å². The molecule has 8 rings (SSSR count). The molecule has 81 heavy (non-hydrogen) atoms. The summed E-state index contributed by atoms with van der Waals surface area (Å²) in [7, 11) is 1.48. The third-order valence-electron chi connectivity index (χ3n) is 14.0. The number of nitrogens with zero attached hydrogens (tertiary/aromatic N) is 5. The number of anilines is 1. The Morgan fingerprint density at radius 2 is 1.40 bits per heavy atom. The zero-order valence-corrected chi connectivity index (χ0v) is 48.3. The molecule has 3 N–H and O–H groups in total. The molecule has 0 spiro atoms. The molecule has 2 amide bonds. The second-order valence-electron chi connectivity index (χ2n) is 20.2. The number of methoxy groups -OCH3 is 2. The first-order chi connectivity index (χ1) is 39.0. The number of benzene rings is 4. The average Bonchev–Trinajstić information content (AvgIpc) is 4.01. The summed E-state index contributed by atoms with van der Waals surface area (Å²) in [5.41, 5.74) is 0.513. The summed E-state index contributed by atoms with van der Waals surface area (Å²) in [4.78, 5) is 73.8. The second-order valence-corrected chi connectivity index (χ2v) is 22.6. The van der Waals surface area contributed by atoms with Crippen molar-refractivity contribution < 1.29 is 42.3 Å². The van der Waals surface area contributed by atoms with Gasteiger partial charge in [-0.1, -0.05) is 72.8 Å². The molecule has 0 aliphatic carbocycles. The maximum absolute atomic E-state index is 14.4. The average molecular weight is 1150 g/mol. The minimum atomic E-state index is -1.72. The van der Waals surface area contributed by atoms with Crippen LogP contribution >= 0.6 is 20.3 Å². The molecule has 2 saturated heterocycles.